The molecule has 8 N–H and O–H groups in total. The minimum absolute atomic E-state index is 0.0202. The SMILES string of the molecule is NCCCCC(=O)Nc1cc(C(F)(F)F)cc(NC(=O)C/C=C\NN)c1OC1CCNC1. The number of carbonyl (C=O) groups excluding carboxylic acids is 2. The molecule has 1 aromatic carbocycles. The first kappa shape index (κ1) is 25.4. The van der Waals surface area contributed by atoms with Crippen molar-refractivity contribution in [1.29, 1.82) is 0 Å². The minimum atomic E-state index is -4.70. The fraction of sp³-hybridized carbons (Fsp3) is 0.500. The zero-order chi connectivity index (χ0) is 23.6. The topological polar surface area (TPSA) is 144 Å². The normalized spacial score (nSPS) is 16.2. The van der Waals surface area contributed by atoms with Crippen molar-refractivity contribution < 1.29 is 27.5 Å². The second-order valence-corrected chi connectivity index (χ2v) is 7.25. The third-order valence-corrected chi connectivity index (χ3v) is 4.64. The molecule has 0 aliphatic carbocycles. The molecule has 1 unspecified atom stereocenters. The monoisotopic (exact) mass is 458 g/mol. The van der Waals surface area contributed by atoms with Gasteiger partial charge in [0, 0.05) is 25.6 Å². The van der Waals surface area contributed by atoms with Gasteiger partial charge in [0.1, 0.15) is 6.10 Å². The van der Waals surface area contributed by atoms with E-state index >= 15 is 0 Å². The van der Waals surface area contributed by atoms with Crippen molar-refractivity contribution in [1.82, 2.24) is 10.7 Å². The van der Waals surface area contributed by atoms with Crippen LogP contribution in [0.1, 0.15) is 37.7 Å². The van der Waals surface area contributed by atoms with Crippen LogP contribution < -0.4 is 37.7 Å². The van der Waals surface area contributed by atoms with Crippen LogP contribution in [0.4, 0.5) is 24.5 Å². The Kier molecular flexibility index (Phi) is 9.75. The summed E-state index contributed by atoms with van der Waals surface area (Å²) in [7, 11) is 0. The molecule has 0 bridgehead atoms. The number of carbonyl (C=O) groups is 2. The van der Waals surface area contributed by atoms with E-state index in [-0.39, 0.29) is 36.1 Å². The maximum atomic E-state index is 13.5. The number of benzene rings is 1. The van der Waals surface area contributed by atoms with Gasteiger partial charge in [-0.25, -0.2) is 0 Å². The van der Waals surface area contributed by atoms with Crippen molar-refractivity contribution in [3.8, 4) is 5.75 Å². The van der Waals surface area contributed by atoms with Crippen molar-refractivity contribution >= 4 is 23.2 Å². The van der Waals surface area contributed by atoms with Gasteiger partial charge in [-0.05, 0) is 44.5 Å². The van der Waals surface area contributed by atoms with E-state index in [1.54, 1.807) is 0 Å². The number of hydrogen-bond donors (Lipinski definition) is 6. The summed E-state index contributed by atoms with van der Waals surface area (Å²) >= 11 is 0. The molecular weight excluding hydrogens is 429 g/mol. The molecule has 32 heavy (non-hydrogen) atoms. The largest absolute Gasteiger partial charge is 0.485 e. The summed E-state index contributed by atoms with van der Waals surface area (Å²) in [5, 5.41) is 8.05. The van der Waals surface area contributed by atoms with E-state index in [1.165, 1.54) is 12.3 Å². The van der Waals surface area contributed by atoms with Gasteiger partial charge >= 0.3 is 6.18 Å². The number of halogens is 3. The Morgan fingerprint density at radius 1 is 1.19 bits per heavy atom. The molecule has 1 saturated heterocycles. The number of hydrazine groups is 1. The number of amides is 2. The minimum Gasteiger partial charge on any atom is -0.485 e. The number of nitrogens with two attached hydrogens (primary N) is 2. The molecule has 1 fully saturated rings. The Labute approximate surface area is 184 Å². The van der Waals surface area contributed by atoms with Gasteiger partial charge in [-0.1, -0.05) is 6.08 Å². The van der Waals surface area contributed by atoms with Gasteiger partial charge < -0.3 is 31.8 Å². The molecule has 178 valence electrons. The van der Waals surface area contributed by atoms with Gasteiger partial charge in [0.2, 0.25) is 11.8 Å². The van der Waals surface area contributed by atoms with Crippen molar-refractivity contribution in [2.45, 2.75) is 44.4 Å². The van der Waals surface area contributed by atoms with Crippen LogP contribution in [0, 0.1) is 0 Å². The molecule has 2 rings (SSSR count). The van der Waals surface area contributed by atoms with Gasteiger partial charge in [0.25, 0.3) is 0 Å². The summed E-state index contributed by atoms with van der Waals surface area (Å²) in [6.07, 6.45) is -0.600. The van der Waals surface area contributed by atoms with E-state index in [0.29, 0.717) is 38.9 Å². The average molecular weight is 458 g/mol. The van der Waals surface area contributed by atoms with Crippen LogP contribution in [-0.4, -0.2) is 37.6 Å². The molecule has 1 aromatic rings. The summed E-state index contributed by atoms with van der Waals surface area (Å²) < 4.78 is 46.5. The zero-order valence-electron chi connectivity index (χ0n) is 17.6. The first-order valence-corrected chi connectivity index (χ1v) is 10.3. The van der Waals surface area contributed by atoms with Crippen LogP contribution in [0.25, 0.3) is 0 Å². The van der Waals surface area contributed by atoms with Crippen LogP contribution in [0.15, 0.2) is 24.4 Å². The number of unbranched alkanes of at least 4 members (excludes halogenated alkanes) is 1. The fourth-order valence-electron chi connectivity index (χ4n) is 3.08. The average Bonchev–Trinajstić information content (AvgIpc) is 3.23. The van der Waals surface area contributed by atoms with Crippen molar-refractivity contribution in [3.63, 3.8) is 0 Å². The zero-order valence-corrected chi connectivity index (χ0v) is 17.6. The standard InChI is InChI=1S/C20H29F3N6O3/c21-20(22,23)13-10-15(28-17(30)4-1-2-7-24)19(32-14-6-9-26-12-14)16(11-13)29-18(31)5-3-8-27-25/h3,8,10-11,14,26-27H,1-2,4-7,9,12,24-25H2,(H,28,30)(H,29,31)/b8-3-. The van der Waals surface area contributed by atoms with E-state index in [1.807, 2.05) is 0 Å². The van der Waals surface area contributed by atoms with Gasteiger partial charge in [-0.3, -0.25) is 15.4 Å². The molecule has 0 spiro atoms. The molecule has 1 aliphatic heterocycles. The summed E-state index contributed by atoms with van der Waals surface area (Å²) in [5.41, 5.74) is 6.29. The second kappa shape index (κ2) is 12.3. The van der Waals surface area contributed by atoms with Gasteiger partial charge in [-0.15, -0.1) is 0 Å². The smallest absolute Gasteiger partial charge is 0.416 e. The Morgan fingerprint density at radius 2 is 1.88 bits per heavy atom. The van der Waals surface area contributed by atoms with E-state index < -0.39 is 23.6 Å². The third-order valence-electron chi connectivity index (χ3n) is 4.64. The third kappa shape index (κ3) is 8.02. The number of alkyl halides is 3. The van der Waals surface area contributed by atoms with E-state index in [0.717, 1.165) is 12.1 Å². The van der Waals surface area contributed by atoms with Crippen molar-refractivity contribution in [2.24, 2.45) is 11.6 Å². The first-order valence-electron chi connectivity index (χ1n) is 10.3. The molecular formula is C20H29F3N6O3. The number of anilines is 2. The molecule has 12 heteroatoms. The Hall–Kier alpha value is -2.83. The van der Waals surface area contributed by atoms with Crippen LogP contribution in [0.5, 0.6) is 5.75 Å². The molecule has 1 aliphatic rings. The molecule has 1 atom stereocenters. The van der Waals surface area contributed by atoms with Gasteiger partial charge in [0.05, 0.1) is 16.9 Å². The highest BCUT2D eigenvalue weighted by Gasteiger charge is 2.34. The molecule has 0 aromatic heterocycles. The fourth-order valence-corrected chi connectivity index (χ4v) is 3.08. The van der Waals surface area contributed by atoms with E-state index in [9.17, 15) is 22.8 Å². The Balaban J connectivity index is 2.40. The quantitative estimate of drug-likeness (QED) is 0.169. The summed E-state index contributed by atoms with van der Waals surface area (Å²) in [5.74, 6) is 4.02. The van der Waals surface area contributed by atoms with Gasteiger partial charge in [0.15, 0.2) is 5.75 Å². The second-order valence-electron chi connectivity index (χ2n) is 7.25. The van der Waals surface area contributed by atoms with Crippen molar-refractivity contribution in [2.75, 3.05) is 30.3 Å². The lowest BCUT2D eigenvalue weighted by Crippen LogP contribution is -2.23. The summed E-state index contributed by atoms with van der Waals surface area (Å²) in [4.78, 5) is 24.6. The maximum Gasteiger partial charge on any atom is 0.416 e. The number of nitrogens with one attached hydrogen (secondary N) is 4. The Morgan fingerprint density at radius 3 is 2.44 bits per heavy atom. The molecule has 9 nitrogen and oxygen atoms in total. The van der Waals surface area contributed by atoms with E-state index in [2.05, 4.69) is 21.4 Å². The highest BCUT2D eigenvalue weighted by molar-refractivity contribution is 5.98. The lowest BCUT2D eigenvalue weighted by molar-refractivity contribution is -0.137. The molecule has 2 amide bonds. The highest BCUT2D eigenvalue weighted by Crippen LogP contribution is 2.41. The van der Waals surface area contributed by atoms with Crippen LogP contribution in [0.2, 0.25) is 0 Å². The predicted molar refractivity (Wildman–Crippen MR) is 115 cm³/mol. The van der Waals surface area contributed by atoms with Crippen LogP contribution in [-0.2, 0) is 15.8 Å². The lowest BCUT2D eigenvalue weighted by atomic mass is 10.1. The molecule has 1 heterocycles. The lowest BCUT2D eigenvalue weighted by Gasteiger charge is -2.22. The van der Waals surface area contributed by atoms with Crippen LogP contribution in [0.3, 0.4) is 0 Å². The molecule has 0 radical (unpaired) electrons. The highest BCUT2D eigenvalue weighted by atomic mass is 19.4. The summed E-state index contributed by atoms with van der Waals surface area (Å²) in [6, 6.07) is 1.61. The number of rotatable bonds is 11. The summed E-state index contributed by atoms with van der Waals surface area (Å²) in [6.45, 7) is 1.58. The van der Waals surface area contributed by atoms with Crippen molar-refractivity contribution in [3.05, 3.63) is 30.0 Å². The Bertz CT molecular complexity index is 811. The maximum absolute atomic E-state index is 13.5. The van der Waals surface area contributed by atoms with Gasteiger partial charge in [-0.2, -0.15) is 13.2 Å². The van der Waals surface area contributed by atoms with E-state index in [4.69, 9.17) is 16.3 Å². The van der Waals surface area contributed by atoms with Crippen LogP contribution >= 0.6 is 0 Å². The predicted octanol–water partition coefficient (Wildman–Crippen LogP) is 1.82. The molecule has 0 saturated carbocycles. The number of ether oxygens (including phenoxy) is 1. The number of hydrogen-bond acceptors (Lipinski definition) is 7. The first-order chi connectivity index (χ1) is 15.2.